The lowest BCUT2D eigenvalue weighted by molar-refractivity contribution is -0.134. The summed E-state index contributed by atoms with van der Waals surface area (Å²) in [5.74, 6) is 5.23. The molecule has 0 spiro atoms. The fourth-order valence-corrected chi connectivity index (χ4v) is 15.4. The standard InChI is InChI=1S/C42H88O2S/c1-5-9-13-17-21-25-29-33-37-45(41-42(43)44,38-34-30-26-22-18-14-10-6-2,39-35-31-27-23-19-15-11-7-3)40-36-32-28-24-20-16-12-8-4/h45H,5-41H2,1-4H3,(H,43,44). The molecule has 0 heterocycles. The summed E-state index contributed by atoms with van der Waals surface area (Å²) in [5.41, 5.74) is 0. The molecule has 0 aromatic carbocycles. The third-order valence-electron chi connectivity index (χ3n) is 11.2. The van der Waals surface area contributed by atoms with Crippen molar-refractivity contribution in [3.63, 3.8) is 0 Å². The van der Waals surface area contributed by atoms with Gasteiger partial charge in [-0.15, -0.1) is 0 Å². The molecule has 45 heavy (non-hydrogen) atoms. The molecule has 0 radical (unpaired) electrons. The molecule has 0 amide bonds. The first-order valence-corrected chi connectivity index (χ1v) is 24.4. The van der Waals surface area contributed by atoms with Crippen LogP contribution in [0.25, 0.3) is 0 Å². The smallest absolute Gasteiger partial charge is 0.310 e. The lowest BCUT2D eigenvalue weighted by Gasteiger charge is -2.62. The average Bonchev–Trinajstić information content (AvgIpc) is 3.02. The first-order valence-electron chi connectivity index (χ1n) is 21.2. The van der Waals surface area contributed by atoms with Crippen LogP contribution in [0.3, 0.4) is 0 Å². The van der Waals surface area contributed by atoms with E-state index in [0.29, 0.717) is 5.75 Å². The molecular formula is C42H88O2S. The molecule has 0 aliphatic rings. The van der Waals surface area contributed by atoms with Gasteiger partial charge in [0.05, 0.1) is 5.75 Å². The van der Waals surface area contributed by atoms with E-state index < -0.39 is 15.1 Å². The second-order valence-electron chi connectivity index (χ2n) is 15.6. The number of rotatable bonds is 38. The van der Waals surface area contributed by atoms with Crippen LogP contribution in [0.1, 0.15) is 233 Å². The van der Waals surface area contributed by atoms with Gasteiger partial charge >= 0.3 is 5.97 Å². The van der Waals surface area contributed by atoms with E-state index >= 15 is 0 Å². The van der Waals surface area contributed by atoms with Gasteiger partial charge in [0, 0.05) is 0 Å². The van der Waals surface area contributed by atoms with Crippen LogP contribution in [0.2, 0.25) is 0 Å². The monoisotopic (exact) mass is 657 g/mol. The number of unbranched alkanes of at least 4 members (excludes halogenated alkanes) is 28. The third-order valence-corrected chi connectivity index (χ3v) is 18.6. The number of hydrogen-bond donors (Lipinski definition) is 2. The Hall–Kier alpha value is -0.180. The highest BCUT2D eigenvalue weighted by atomic mass is 32.3. The fraction of sp³-hybridized carbons (Fsp3) is 0.976. The first kappa shape index (κ1) is 44.8. The van der Waals surface area contributed by atoms with Gasteiger partial charge in [-0.2, -0.15) is 0 Å². The van der Waals surface area contributed by atoms with Gasteiger partial charge in [-0.3, -0.25) is 14.0 Å². The zero-order valence-corrected chi connectivity index (χ0v) is 32.9. The Morgan fingerprint density at radius 2 is 0.511 bits per heavy atom. The van der Waals surface area contributed by atoms with E-state index in [9.17, 15) is 9.90 Å². The summed E-state index contributed by atoms with van der Waals surface area (Å²) < 4.78 is 0. The van der Waals surface area contributed by atoms with Crippen LogP contribution in [-0.4, -0.2) is 39.8 Å². The van der Waals surface area contributed by atoms with Crippen LogP contribution in [-0.2, 0) is 4.79 Å². The minimum Gasteiger partial charge on any atom is -0.481 e. The van der Waals surface area contributed by atoms with Crippen molar-refractivity contribution in [1.29, 1.82) is 0 Å². The largest absolute Gasteiger partial charge is 0.481 e. The molecule has 0 aliphatic carbocycles. The van der Waals surface area contributed by atoms with E-state index in [1.54, 1.807) is 0 Å². The second-order valence-corrected chi connectivity index (χ2v) is 22.2. The van der Waals surface area contributed by atoms with Gasteiger partial charge in [0.25, 0.3) is 0 Å². The van der Waals surface area contributed by atoms with Crippen molar-refractivity contribution in [2.75, 3.05) is 28.8 Å². The van der Waals surface area contributed by atoms with Crippen LogP contribution in [0, 0.1) is 0 Å². The van der Waals surface area contributed by atoms with E-state index in [4.69, 9.17) is 0 Å². The summed E-state index contributed by atoms with van der Waals surface area (Å²) in [4.78, 5) is 12.8. The van der Waals surface area contributed by atoms with Crippen molar-refractivity contribution in [1.82, 2.24) is 0 Å². The Morgan fingerprint density at radius 1 is 0.333 bits per heavy atom. The van der Waals surface area contributed by atoms with E-state index in [1.807, 2.05) is 0 Å². The maximum Gasteiger partial charge on any atom is 0.310 e. The molecule has 0 aromatic rings. The number of carbonyl (C=O) groups is 1. The Bertz CT molecular complexity index is 526. The van der Waals surface area contributed by atoms with Gasteiger partial charge in [0.1, 0.15) is 0 Å². The molecule has 0 atom stereocenters. The van der Waals surface area contributed by atoms with Crippen LogP contribution < -0.4 is 0 Å². The summed E-state index contributed by atoms with van der Waals surface area (Å²) in [6.07, 6.45) is 43.4. The minimum absolute atomic E-state index is 0.467. The summed E-state index contributed by atoms with van der Waals surface area (Å²) in [5, 5.41) is 10.5. The van der Waals surface area contributed by atoms with Crippen LogP contribution >= 0.6 is 9.16 Å². The average molecular weight is 657 g/mol. The molecule has 0 aliphatic heterocycles. The van der Waals surface area contributed by atoms with Gasteiger partial charge in [0.15, 0.2) is 0 Å². The van der Waals surface area contributed by atoms with Gasteiger partial charge in [0.2, 0.25) is 0 Å². The Morgan fingerprint density at radius 3 is 0.689 bits per heavy atom. The highest BCUT2D eigenvalue weighted by Crippen LogP contribution is 2.71. The molecule has 2 nitrogen and oxygen atoms in total. The molecule has 1 N–H and O–H groups in total. The van der Waals surface area contributed by atoms with E-state index in [0.717, 1.165) is 0 Å². The Labute approximate surface area is 286 Å². The van der Waals surface area contributed by atoms with Gasteiger partial charge < -0.3 is 5.11 Å². The fourth-order valence-electron chi connectivity index (χ4n) is 8.14. The molecule has 274 valence electrons. The maximum atomic E-state index is 12.8. The SMILES string of the molecule is CCCCCCCCCC[SH](CCCCCCCCCC)(CCCCCCCCCC)(CCCCCCCCCC)CC(=O)O. The lowest BCUT2D eigenvalue weighted by Crippen LogP contribution is -2.39. The van der Waals surface area contributed by atoms with Crippen molar-refractivity contribution in [2.24, 2.45) is 0 Å². The predicted octanol–water partition coefficient (Wildman–Crippen LogP) is 14.7. The quantitative estimate of drug-likeness (QED) is 0.0512. The van der Waals surface area contributed by atoms with Crippen LogP contribution in [0.5, 0.6) is 0 Å². The van der Waals surface area contributed by atoms with Crippen molar-refractivity contribution in [3.05, 3.63) is 0 Å². The van der Waals surface area contributed by atoms with Crippen molar-refractivity contribution in [3.8, 4) is 0 Å². The second kappa shape index (κ2) is 32.4. The number of carboxylic acid groups (broad SMARTS) is 1. The maximum absolute atomic E-state index is 12.8. The molecule has 0 saturated heterocycles. The van der Waals surface area contributed by atoms with E-state index in [1.165, 1.54) is 228 Å². The topological polar surface area (TPSA) is 37.3 Å². The summed E-state index contributed by atoms with van der Waals surface area (Å²) >= 11 is 0. The number of thiol groups is 1. The summed E-state index contributed by atoms with van der Waals surface area (Å²) in [6, 6.07) is 0. The first-order chi connectivity index (χ1) is 22.0. The molecule has 0 rings (SSSR count). The number of carboxylic acids is 1. The Balaban J connectivity index is 5.55. The third kappa shape index (κ3) is 26.5. The molecule has 0 aromatic heterocycles. The zero-order chi connectivity index (χ0) is 33.2. The molecule has 0 fully saturated rings. The van der Waals surface area contributed by atoms with Gasteiger partial charge in [-0.05, 0) is 48.7 Å². The van der Waals surface area contributed by atoms with Crippen LogP contribution in [0.4, 0.5) is 0 Å². The number of hydrogen-bond acceptors (Lipinski definition) is 1. The van der Waals surface area contributed by atoms with Gasteiger partial charge in [-0.25, -0.2) is 0 Å². The minimum atomic E-state index is -2.34. The molecule has 0 saturated carbocycles. The van der Waals surface area contributed by atoms with Crippen molar-refractivity contribution in [2.45, 2.75) is 233 Å². The van der Waals surface area contributed by atoms with E-state index in [2.05, 4.69) is 27.7 Å². The van der Waals surface area contributed by atoms with Crippen molar-refractivity contribution < 1.29 is 9.90 Å². The normalized spacial score (nSPS) is 12.8. The zero-order valence-electron chi connectivity index (χ0n) is 32.0. The van der Waals surface area contributed by atoms with Gasteiger partial charge in [-0.1, -0.05) is 207 Å². The Kier molecular flexibility index (Phi) is 32.2. The number of aliphatic carboxylic acids is 1. The highest BCUT2D eigenvalue weighted by Gasteiger charge is 2.41. The van der Waals surface area contributed by atoms with Crippen molar-refractivity contribution >= 4 is 15.1 Å². The molecule has 0 unspecified atom stereocenters. The molecule has 0 bridgehead atoms. The van der Waals surface area contributed by atoms with E-state index in [-0.39, 0.29) is 0 Å². The highest BCUT2D eigenvalue weighted by molar-refractivity contribution is 8.49. The lowest BCUT2D eigenvalue weighted by atomic mass is 10.1. The summed E-state index contributed by atoms with van der Waals surface area (Å²) in [7, 11) is -2.34. The molecular weight excluding hydrogens is 569 g/mol. The predicted molar refractivity (Wildman–Crippen MR) is 211 cm³/mol. The van der Waals surface area contributed by atoms with Crippen LogP contribution in [0.15, 0.2) is 0 Å². The summed E-state index contributed by atoms with van der Waals surface area (Å²) in [6.45, 7) is 9.21. The molecule has 3 heteroatoms.